The van der Waals surface area contributed by atoms with E-state index in [4.69, 9.17) is 14.2 Å². The van der Waals surface area contributed by atoms with Gasteiger partial charge >= 0.3 is 6.03 Å². The molecule has 3 aliphatic rings. The molecule has 1 N–H and O–H groups in total. The molecule has 3 aliphatic heterocycles. The number of urea groups is 1. The third-order valence-electron chi connectivity index (χ3n) is 5.19. The number of hydrogen-bond acceptors (Lipinski definition) is 6. The van der Waals surface area contributed by atoms with Crippen molar-refractivity contribution >= 4 is 17.5 Å². The minimum atomic E-state index is -0.0860. The largest absolute Gasteiger partial charge is 0.378 e. The maximum atomic E-state index is 12.5. The van der Waals surface area contributed by atoms with Gasteiger partial charge in [0.15, 0.2) is 6.29 Å². The lowest BCUT2D eigenvalue weighted by Crippen LogP contribution is -2.43. The summed E-state index contributed by atoms with van der Waals surface area (Å²) in [5.74, 6) is 1.31. The first-order valence-electron chi connectivity index (χ1n) is 9.37. The number of carbonyl (C=O) groups is 1. The second kappa shape index (κ2) is 8.20. The summed E-state index contributed by atoms with van der Waals surface area (Å²) in [5.41, 5.74) is 0.719. The maximum Gasteiger partial charge on any atom is 0.321 e. The molecular formula is C18H26N4O4. The molecule has 0 bridgehead atoms. The van der Waals surface area contributed by atoms with Gasteiger partial charge in [-0.25, -0.2) is 9.78 Å². The van der Waals surface area contributed by atoms with Crippen molar-refractivity contribution in [3.8, 4) is 0 Å². The molecule has 0 unspecified atom stereocenters. The number of morpholine rings is 1. The molecule has 4 rings (SSSR count). The topological polar surface area (TPSA) is 76.2 Å². The molecule has 0 aromatic carbocycles. The van der Waals surface area contributed by atoms with Crippen LogP contribution in [0.15, 0.2) is 18.3 Å². The predicted molar refractivity (Wildman–Crippen MR) is 96.3 cm³/mol. The highest BCUT2D eigenvalue weighted by molar-refractivity contribution is 5.89. The highest BCUT2D eigenvalue weighted by atomic mass is 16.7. The molecule has 1 aromatic rings. The molecule has 142 valence electrons. The molecule has 3 saturated heterocycles. The minimum absolute atomic E-state index is 0.0716. The first kappa shape index (κ1) is 17.5. The molecule has 1 aromatic heterocycles. The zero-order valence-electron chi connectivity index (χ0n) is 14.9. The summed E-state index contributed by atoms with van der Waals surface area (Å²) in [6.45, 7) is 5.96. The van der Waals surface area contributed by atoms with Gasteiger partial charge in [0.05, 0.1) is 38.3 Å². The molecule has 0 saturated carbocycles. The number of hydrogen-bond donors (Lipinski definition) is 1. The zero-order chi connectivity index (χ0) is 17.8. The number of nitrogens with zero attached hydrogens (tertiary/aromatic N) is 3. The van der Waals surface area contributed by atoms with Gasteiger partial charge in [0.1, 0.15) is 5.82 Å². The molecule has 0 radical (unpaired) electrons. The predicted octanol–water partition coefficient (Wildman–Crippen LogP) is 1.53. The van der Waals surface area contributed by atoms with Gasteiger partial charge in [-0.3, -0.25) is 0 Å². The van der Waals surface area contributed by atoms with E-state index < -0.39 is 0 Å². The van der Waals surface area contributed by atoms with Gasteiger partial charge in [0.2, 0.25) is 0 Å². The van der Waals surface area contributed by atoms with Crippen molar-refractivity contribution in [2.24, 2.45) is 5.92 Å². The van der Waals surface area contributed by atoms with Crippen molar-refractivity contribution in [3.63, 3.8) is 0 Å². The standard InChI is InChI=1S/C18H26N4O4/c23-18(22-5-3-14(4-6-22)17-25-11-12-26-17)20-15-1-2-16(19-13-15)21-7-9-24-10-8-21/h1-2,13-14,17H,3-12H2,(H,20,23). The minimum Gasteiger partial charge on any atom is -0.378 e. The Morgan fingerprint density at radius 1 is 1.04 bits per heavy atom. The van der Waals surface area contributed by atoms with Crippen LogP contribution in [-0.2, 0) is 14.2 Å². The molecule has 8 nitrogen and oxygen atoms in total. The summed E-state index contributed by atoms with van der Waals surface area (Å²) in [5, 5.41) is 2.94. The number of amides is 2. The Balaban J connectivity index is 1.26. The van der Waals surface area contributed by atoms with Gasteiger partial charge in [-0.05, 0) is 25.0 Å². The Hall–Kier alpha value is -1.90. The van der Waals surface area contributed by atoms with Crippen LogP contribution in [0.2, 0.25) is 0 Å². The van der Waals surface area contributed by atoms with Gasteiger partial charge < -0.3 is 29.3 Å². The molecular weight excluding hydrogens is 336 g/mol. The molecule has 0 spiro atoms. The monoisotopic (exact) mass is 362 g/mol. The van der Waals surface area contributed by atoms with Crippen LogP contribution < -0.4 is 10.2 Å². The molecule has 0 atom stereocenters. The third-order valence-corrected chi connectivity index (χ3v) is 5.19. The van der Waals surface area contributed by atoms with Crippen LogP contribution in [0, 0.1) is 5.92 Å². The summed E-state index contributed by atoms with van der Waals surface area (Å²) in [6, 6.07) is 3.78. The van der Waals surface area contributed by atoms with Gasteiger partial charge in [-0.15, -0.1) is 0 Å². The van der Waals surface area contributed by atoms with Crippen molar-refractivity contribution in [1.82, 2.24) is 9.88 Å². The second-order valence-corrected chi connectivity index (χ2v) is 6.87. The SMILES string of the molecule is O=C(Nc1ccc(N2CCOCC2)nc1)N1CCC(C2OCCO2)CC1. The molecule has 2 amide bonds. The number of aromatic nitrogens is 1. The van der Waals surface area contributed by atoms with Crippen LogP contribution in [-0.4, -0.2) is 74.8 Å². The van der Waals surface area contributed by atoms with Crippen molar-refractivity contribution in [2.45, 2.75) is 19.1 Å². The van der Waals surface area contributed by atoms with E-state index in [-0.39, 0.29) is 12.3 Å². The van der Waals surface area contributed by atoms with E-state index in [1.165, 1.54) is 0 Å². The fraction of sp³-hybridized carbons (Fsp3) is 0.667. The van der Waals surface area contributed by atoms with E-state index in [1.807, 2.05) is 17.0 Å². The Morgan fingerprint density at radius 2 is 1.77 bits per heavy atom. The molecule has 26 heavy (non-hydrogen) atoms. The molecule has 8 heteroatoms. The van der Waals surface area contributed by atoms with E-state index in [0.717, 1.165) is 63.7 Å². The summed E-state index contributed by atoms with van der Waals surface area (Å²) < 4.78 is 16.5. The summed E-state index contributed by atoms with van der Waals surface area (Å²) in [7, 11) is 0. The van der Waals surface area contributed by atoms with Crippen LogP contribution in [0.25, 0.3) is 0 Å². The molecule has 0 aliphatic carbocycles. The summed E-state index contributed by atoms with van der Waals surface area (Å²) >= 11 is 0. The summed E-state index contributed by atoms with van der Waals surface area (Å²) in [6.07, 6.45) is 3.45. The van der Waals surface area contributed by atoms with Crippen LogP contribution in [0.3, 0.4) is 0 Å². The van der Waals surface area contributed by atoms with Crippen molar-refractivity contribution in [1.29, 1.82) is 0 Å². The smallest absolute Gasteiger partial charge is 0.321 e. The lowest BCUT2D eigenvalue weighted by atomic mass is 9.96. The Bertz CT molecular complexity index is 592. The van der Waals surface area contributed by atoms with Crippen molar-refractivity contribution in [2.75, 3.05) is 62.8 Å². The Labute approximate surface area is 153 Å². The van der Waals surface area contributed by atoms with Crippen LogP contribution in [0.4, 0.5) is 16.3 Å². The van der Waals surface area contributed by atoms with Crippen LogP contribution >= 0.6 is 0 Å². The number of rotatable bonds is 3. The first-order chi connectivity index (χ1) is 12.8. The number of piperidine rings is 1. The van der Waals surface area contributed by atoms with Crippen LogP contribution in [0.5, 0.6) is 0 Å². The number of anilines is 2. The zero-order valence-corrected chi connectivity index (χ0v) is 14.9. The van der Waals surface area contributed by atoms with Gasteiger partial charge in [0, 0.05) is 32.1 Å². The average molecular weight is 362 g/mol. The van der Waals surface area contributed by atoms with Crippen LogP contribution in [0.1, 0.15) is 12.8 Å². The highest BCUT2D eigenvalue weighted by Crippen LogP contribution is 2.26. The van der Waals surface area contributed by atoms with E-state index in [1.54, 1.807) is 6.20 Å². The van der Waals surface area contributed by atoms with Gasteiger partial charge in [0.25, 0.3) is 0 Å². The van der Waals surface area contributed by atoms with E-state index >= 15 is 0 Å². The first-order valence-corrected chi connectivity index (χ1v) is 9.37. The second-order valence-electron chi connectivity index (χ2n) is 6.87. The van der Waals surface area contributed by atoms with Gasteiger partial charge in [-0.2, -0.15) is 0 Å². The molecule has 3 fully saturated rings. The van der Waals surface area contributed by atoms with E-state index in [2.05, 4.69) is 15.2 Å². The quantitative estimate of drug-likeness (QED) is 0.879. The number of carbonyl (C=O) groups excluding carboxylic acids is 1. The normalized spacial score (nSPS) is 22.6. The Morgan fingerprint density at radius 3 is 2.42 bits per heavy atom. The number of pyridine rings is 1. The number of likely N-dealkylation sites (tertiary alicyclic amines) is 1. The van der Waals surface area contributed by atoms with Crippen molar-refractivity contribution < 1.29 is 19.0 Å². The van der Waals surface area contributed by atoms with Gasteiger partial charge in [-0.1, -0.05) is 0 Å². The molecule has 4 heterocycles. The van der Waals surface area contributed by atoms with E-state index in [0.29, 0.717) is 19.1 Å². The maximum absolute atomic E-state index is 12.5. The lowest BCUT2D eigenvalue weighted by molar-refractivity contribution is -0.0950. The number of ether oxygens (including phenoxy) is 3. The fourth-order valence-electron chi connectivity index (χ4n) is 3.67. The third kappa shape index (κ3) is 4.08. The van der Waals surface area contributed by atoms with Crippen molar-refractivity contribution in [3.05, 3.63) is 18.3 Å². The number of nitrogens with one attached hydrogen (secondary N) is 1. The Kier molecular flexibility index (Phi) is 5.52. The lowest BCUT2D eigenvalue weighted by Gasteiger charge is -2.33. The van der Waals surface area contributed by atoms with E-state index in [9.17, 15) is 4.79 Å². The highest BCUT2D eigenvalue weighted by Gasteiger charge is 2.31. The average Bonchev–Trinajstić information content (AvgIpc) is 3.24. The summed E-state index contributed by atoms with van der Waals surface area (Å²) in [4.78, 5) is 21.0. The fourth-order valence-corrected chi connectivity index (χ4v) is 3.67.